The molecule has 2 saturated carbocycles. The molecule has 2 fully saturated rings. The van der Waals surface area contributed by atoms with Crippen LogP contribution in [0.15, 0.2) is 10.5 Å². The number of rotatable bonds is 10. The lowest BCUT2D eigenvalue weighted by Crippen LogP contribution is -2.27. The van der Waals surface area contributed by atoms with Crippen molar-refractivity contribution in [1.82, 2.24) is 10.2 Å². The highest BCUT2D eigenvalue weighted by atomic mass is 16.3. The predicted octanol–water partition coefficient (Wildman–Crippen LogP) is 3.71. The van der Waals surface area contributed by atoms with Crippen LogP contribution in [0, 0.1) is 18.8 Å². The molecule has 3 heteroatoms. The molecule has 21 heavy (non-hydrogen) atoms. The van der Waals surface area contributed by atoms with Crippen molar-refractivity contribution < 1.29 is 4.42 Å². The van der Waals surface area contributed by atoms with E-state index in [1.807, 2.05) is 0 Å². The maximum absolute atomic E-state index is 6.09. The van der Waals surface area contributed by atoms with Gasteiger partial charge in [0.1, 0.15) is 11.5 Å². The van der Waals surface area contributed by atoms with Crippen LogP contribution in [0.2, 0.25) is 0 Å². The lowest BCUT2D eigenvalue weighted by Gasteiger charge is -2.20. The summed E-state index contributed by atoms with van der Waals surface area (Å²) in [7, 11) is 0. The number of hydrogen-bond acceptors (Lipinski definition) is 3. The van der Waals surface area contributed by atoms with Gasteiger partial charge in [-0.25, -0.2) is 0 Å². The molecule has 2 aliphatic rings. The van der Waals surface area contributed by atoms with Crippen molar-refractivity contribution in [2.75, 3.05) is 19.6 Å². The van der Waals surface area contributed by atoms with E-state index in [-0.39, 0.29) is 0 Å². The second kappa shape index (κ2) is 6.97. The van der Waals surface area contributed by atoms with E-state index in [1.54, 1.807) is 0 Å². The number of hydrogen-bond donors (Lipinski definition) is 1. The summed E-state index contributed by atoms with van der Waals surface area (Å²) in [4.78, 5) is 2.64. The fraction of sp³-hybridized carbons (Fsp3) is 0.778. The standard InChI is InChI=1S/C18H30N2O/c1-3-8-19-10-18-14(2)9-17(21-18)13-20(11-15-4-5-15)12-16-6-7-16/h9,15-16,19H,3-8,10-13H2,1-2H3. The van der Waals surface area contributed by atoms with Crippen LogP contribution in [0.4, 0.5) is 0 Å². The molecule has 1 N–H and O–H groups in total. The van der Waals surface area contributed by atoms with Crippen LogP contribution in [0.3, 0.4) is 0 Å². The van der Waals surface area contributed by atoms with Gasteiger partial charge in [-0.2, -0.15) is 0 Å². The van der Waals surface area contributed by atoms with E-state index in [0.29, 0.717) is 0 Å². The monoisotopic (exact) mass is 290 g/mol. The zero-order valence-electron chi connectivity index (χ0n) is 13.7. The van der Waals surface area contributed by atoms with Gasteiger partial charge in [-0.05, 0) is 69.0 Å². The fourth-order valence-electron chi connectivity index (χ4n) is 2.98. The zero-order valence-corrected chi connectivity index (χ0v) is 13.7. The summed E-state index contributed by atoms with van der Waals surface area (Å²) >= 11 is 0. The molecule has 2 aliphatic carbocycles. The molecule has 0 aromatic carbocycles. The van der Waals surface area contributed by atoms with Gasteiger partial charge in [0.2, 0.25) is 0 Å². The first-order valence-electron chi connectivity index (χ1n) is 8.76. The Morgan fingerprint density at radius 1 is 1.19 bits per heavy atom. The van der Waals surface area contributed by atoms with E-state index in [1.165, 1.54) is 50.8 Å². The number of nitrogens with zero attached hydrogens (tertiary/aromatic N) is 1. The highest BCUT2D eigenvalue weighted by molar-refractivity contribution is 5.20. The van der Waals surface area contributed by atoms with Crippen LogP contribution in [0.25, 0.3) is 0 Å². The largest absolute Gasteiger partial charge is 0.463 e. The van der Waals surface area contributed by atoms with E-state index < -0.39 is 0 Å². The normalized spacial score (nSPS) is 18.6. The minimum absolute atomic E-state index is 0.866. The van der Waals surface area contributed by atoms with Crippen LogP contribution >= 0.6 is 0 Å². The number of furan rings is 1. The SMILES string of the molecule is CCCNCc1oc(CN(CC2CC2)CC2CC2)cc1C. The third kappa shape index (κ3) is 4.86. The van der Waals surface area contributed by atoms with Gasteiger partial charge < -0.3 is 9.73 Å². The average Bonchev–Trinajstić information content (AvgIpc) is 3.35. The van der Waals surface area contributed by atoms with Gasteiger partial charge in [-0.3, -0.25) is 4.90 Å². The van der Waals surface area contributed by atoms with Gasteiger partial charge in [0, 0.05) is 13.1 Å². The van der Waals surface area contributed by atoms with Crippen LogP contribution in [-0.2, 0) is 13.1 Å². The van der Waals surface area contributed by atoms with Crippen molar-refractivity contribution >= 4 is 0 Å². The van der Waals surface area contributed by atoms with Gasteiger partial charge in [0.25, 0.3) is 0 Å². The van der Waals surface area contributed by atoms with Crippen LogP contribution in [0.5, 0.6) is 0 Å². The van der Waals surface area contributed by atoms with Crippen molar-refractivity contribution in [3.05, 3.63) is 23.2 Å². The topological polar surface area (TPSA) is 28.4 Å². The van der Waals surface area contributed by atoms with Crippen LogP contribution in [0.1, 0.15) is 56.1 Å². The van der Waals surface area contributed by atoms with Crippen molar-refractivity contribution in [3.8, 4) is 0 Å². The van der Waals surface area contributed by atoms with E-state index in [2.05, 4.69) is 30.1 Å². The van der Waals surface area contributed by atoms with Gasteiger partial charge in [0.05, 0.1) is 13.1 Å². The average molecular weight is 290 g/mol. The number of aryl methyl sites for hydroxylation is 1. The highest BCUT2D eigenvalue weighted by Crippen LogP contribution is 2.34. The molecule has 118 valence electrons. The Hall–Kier alpha value is -0.800. The Balaban J connectivity index is 1.54. The lowest BCUT2D eigenvalue weighted by molar-refractivity contribution is 0.223. The first-order chi connectivity index (χ1) is 10.2. The summed E-state index contributed by atoms with van der Waals surface area (Å²) < 4.78 is 6.09. The summed E-state index contributed by atoms with van der Waals surface area (Å²) in [5.41, 5.74) is 1.30. The Kier molecular flexibility index (Phi) is 5.02. The highest BCUT2D eigenvalue weighted by Gasteiger charge is 2.29. The molecule has 0 atom stereocenters. The molecule has 0 radical (unpaired) electrons. The van der Waals surface area contributed by atoms with E-state index in [4.69, 9.17) is 4.42 Å². The molecule has 0 amide bonds. The Morgan fingerprint density at radius 3 is 2.43 bits per heavy atom. The summed E-state index contributed by atoms with van der Waals surface area (Å²) in [6.45, 7) is 9.85. The Bertz CT molecular complexity index is 432. The molecular weight excluding hydrogens is 260 g/mol. The summed E-state index contributed by atoms with van der Waals surface area (Å²) in [5.74, 6) is 4.20. The van der Waals surface area contributed by atoms with Crippen molar-refractivity contribution in [2.45, 2.75) is 59.0 Å². The van der Waals surface area contributed by atoms with Gasteiger partial charge in [-0.15, -0.1) is 0 Å². The predicted molar refractivity (Wildman–Crippen MR) is 86.2 cm³/mol. The third-order valence-electron chi connectivity index (χ3n) is 4.59. The second-order valence-corrected chi connectivity index (χ2v) is 7.08. The molecular formula is C18H30N2O. The maximum Gasteiger partial charge on any atom is 0.120 e. The van der Waals surface area contributed by atoms with Crippen LogP contribution in [-0.4, -0.2) is 24.5 Å². The molecule has 1 heterocycles. The summed E-state index contributed by atoms with van der Waals surface area (Å²) in [5, 5.41) is 3.44. The Morgan fingerprint density at radius 2 is 1.86 bits per heavy atom. The minimum atomic E-state index is 0.866. The quantitative estimate of drug-likeness (QED) is 0.666. The van der Waals surface area contributed by atoms with E-state index >= 15 is 0 Å². The third-order valence-corrected chi connectivity index (χ3v) is 4.59. The van der Waals surface area contributed by atoms with E-state index in [9.17, 15) is 0 Å². The first-order valence-corrected chi connectivity index (χ1v) is 8.76. The van der Waals surface area contributed by atoms with Crippen molar-refractivity contribution in [2.24, 2.45) is 11.8 Å². The second-order valence-electron chi connectivity index (χ2n) is 7.08. The number of nitrogens with one attached hydrogen (secondary N) is 1. The molecule has 0 saturated heterocycles. The minimum Gasteiger partial charge on any atom is -0.463 e. The molecule has 3 rings (SSSR count). The van der Waals surface area contributed by atoms with Crippen molar-refractivity contribution in [3.63, 3.8) is 0 Å². The first kappa shape index (κ1) is 15.1. The molecule has 0 unspecified atom stereocenters. The van der Waals surface area contributed by atoms with E-state index in [0.717, 1.165) is 43.0 Å². The maximum atomic E-state index is 6.09. The summed E-state index contributed by atoms with van der Waals surface area (Å²) in [6, 6.07) is 2.25. The molecule has 3 nitrogen and oxygen atoms in total. The van der Waals surface area contributed by atoms with Gasteiger partial charge >= 0.3 is 0 Å². The van der Waals surface area contributed by atoms with Crippen molar-refractivity contribution in [1.29, 1.82) is 0 Å². The van der Waals surface area contributed by atoms with Crippen LogP contribution < -0.4 is 5.32 Å². The lowest BCUT2D eigenvalue weighted by atomic mass is 10.2. The van der Waals surface area contributed by atoms with Gasteiger partial charge in [0.15, 0.2) is 0 Å². The summed E-state index contributed by atoms with van der Waals surface area (Å²) in [6.07, 6.45) is 6.91. The Labute approximate surface area is 129 Å². The smallest absolute Gasteiger partial charge is 0.120 e. The molecule has 0 bridgehead atoms. The fourth-order valence-corrected chi connectivity index (χ4v) is 2.98. The molecule has 1 aromatic heterocycles. The zero-order chi connectivity index (χ0) is 14.7. The van der Waals surface area contributed by atoms with Gasteiger partial charge in [-0.1, -0.05) is 6.92 Å². The molecule has 0 aliphatic heterocycles. The molecule has 0 spiro atoms. The molecule has 1 aromatic rings.